The second-order valence-corrected chi connectivity index (χ2v) is 6.72. The number of hydrogen-bond donors (Lipinski definition) is 1. The fraction of sp³-hybridized carbons (Fsp3) is 0.389. The summed E-state index contributed by atoms with van der Waals surface area (Å²) in [5, 5.41) is 5.13. The Kier molecular flexibility index (Phi) is 6.16. The van der Waals surface area contributed by atoms with E-state index in [0.29, 0.717) is 12.5 Å². The molecule has 2 rings (SSSR count). The summed E-state index contributed by atoms with van der Waals surface area (Å²) < 4.78 is 5.61. The molecule has 0 radical (unpaired) electrons. The number of hydrogen-bond acceptors (Lipinski definition) is 3. The van der Waals surface area contributed by atoms with Gasteiger partial charge in [-0.2, -0.15) is 0 Å². The Morgan fingerprint density at radius 2 is 1.86 bits per heavy atom. The van der Waals surface area contributed by atoms with Crippen molar-refractivity contribution in [2.75, 3.05) is 6.61 Å². The number of thiophene rings is 1. The molecule has 22 heavy (non-hydrogen) atoms. The third kappa shape index (κ3) is 4.68. The third-order valence-corrected chi connectivity index (χ3v) is 4.23. The smallest absolute Gasteiger partial charge is 0.249 e. The van der Waals surface area contributed by atoms with Crippen molar-refractivity contribution in [2.24, 2.45) is 5.92 Å². The third-order valence-electron chi connectivity index (χ3n) is 3.30. The lowest BCUT2D eigenvalue weighted by Crippen LogP contribution is -2.37. The van der Waals surface area contributed by atoms with Crippen LogP contribution in [0.2, 0.25) is 0 Å². The molecule has 2 aromatic rings. The van der Waals surface area contributed by atoms with E-state index < -0.39 is 6.10 Å². The molecule has 1 N–H and O–H groups in total. The van der Waals surface area contributed by atoms with Crippen LogP contribution in [0.25, 0.3) is 0 Å². The van der Waals surface area contributed by atoms with Gasteiger partial charge in [-0.1, -0.05) is 50.2 Å². The lowest BCUT2D eigenvalue weighted by Gasteiger charge is -2.21. The first-order valence-corrected chi connectivity index (χ1v) is 8.46. The molecule has 118 valence electrons. The van der Waals surface area contributed by atoms with E-state index in [0.717, 1.165) is 10.4 Å². The van der Waals surface area contributed by atoms with Crippen LogP contribution in [0.5, 0.6) is 0 Å². The van der Waals surface area contributed by atoms with Crippen molar-refractivity contribution in [2.45, 2.75) is 32.9 Å². The molecule has 0 aliphatic rings. The average molecular weight is 317 g/mol. The van der Waals surface area contributed by atoms with Crippen LogP contribution in [-0.2, 0) is 9.53 Å². The van der Waals surface area contributed by atoms with Gasteiger partial charge in [0, 0.05) is 11.5 Å². The van der Waals surface area contributed by atoms with Gasteiger partial charge in [-0.25, -0.2) is 0 Å². The largest absolute Gasteiger partial charge is 0.368 e. The van der Waals surface area contributed by atoms with Crippen LogP contribution in [0.15, 0.2) is 47.8 Å². The molecular formula is C18H23NO2S. The first kappa shape index (κ1) is 16.7. The molecule has 0 fully saturated rings. The van der Waals surface area contributed by atoms with Crippen molar-refractivity contribution in [1.29, 1.82) is 0 Å². The summed E-state index contributed by atoms with van der Waals surface area (Å²) in [6.45, 7) is 6.53. The number of carbonyl (C=O) groups is 1. The number of benzene rings is 1. The van der Waals surface area contributed by atoms with Crippen LogP contribution >= 0.6 is 11.3 Å². The number of nitrogens with one attached hydrogen (secondary N) is 1. The molecule has 0 saturated carbocycles. The van der Waals surface area contributed by atoms with Crippen molar-refractivity contribution in [3.8, 4) is 0 Å². The van der Waals surface area contributed by atoms with Gasteiger partial charge in [-0.05, 0) is 29.9 Å². The van der Waals surface area contributed by atoms with Crippen LogP contribution < -0.4 is 5.32 Å². The summed E-state index contributed by atoms with van der Waals surface area (Å²) in [5.74, 6) is 0.334. The van der Waals surface area contributed by atoms with E-state index in [4.69, 9.17) is 4.74 Å². The van der Waals surface area contributed by atoms with Crippen molar-refractivity contribution >= 4 is 17.2 Å². The van der Waals surface area contributed by atoms with E-state index in [1.807, 2.05) is 47.8 Å². The minimum atomic E-state index is -0.450. The summed E-state index contributed by atoms with van der Waals surface area (Å²) in [6.07, 6.45) is -0.450. The fourth-order valence-electron chi connectivity index (χ4n) is 2.09. The molecule has 2 unspecified atom stereocenters. The van der Waals surface area contributed by atoms with Crippen LogP contribution in [0.3, 0.4) is 0 Å². The normalized spacial score (nSPS) is 13.8. The van der Waals surface area contributed by atoms with Crippen molar-refractivity contribution < 1.29 is 9.53 Å². The van der Waals surface area contributed by atoms with Gasteiger partial charge in [0.15, 0.2) is 0 Å². The summed E-state index contributed by atoms with van der Waals surface area (Å²) in [5.41, 5.74) is 1.08. The molecule has 1 amide bonds. The molecule has 2 atom stereocenters. The zero-order valence-electron chi connectivity index (χ0n) is 13.3. The van der Waals surface area contributed by atoms with Gasteiger partial charge in [0.1, 0.15) is 6.10 Å². The van der Waals surface area contributed by atoms with E-state index in [1.54, 1.807) is 18.3 Å². The number of ether oxygens (including phenoxy) is 1. The average Bonchev–Trinajstić information content (AvgIpc) is 3.04. The van der Waals surface area contributed by atoms with Crippen molar-refractivity contribution in [3.63, 3.8) is 0 Å². The van der Waals surface area contributed by atoms with E-state index in [9.17, 15) is 4.79 Å². The Labute approximate surface area is 136 Å². The van der Waals surface area contributed by atoms with Crippen LogP contribution in [0.1, 0.15) is 37.3 Å². The van der Waals surface area contributed by atoms with Gasteiger partial charge in [0.25, 0.3) is 0 Å². The zero-order valence-corrected chi connectivity index (χ0v) is 14.1. The molecule has 0 aliphatic carbocycles. The topological polar surface area (TPSA) is 38.3 Å². The summed E-state index contributed by atoms with van der Waals surface area (Å²) in [7, 11) is 0. The number of rotatable bonds is 7. The molecule has 0 aliphatic heterocycles. The van der Waals surface area contributed by atoms with Gasteiger partial charge in [0.2, 0.25) is 5.91 Å². The van der Waals surface area contributed by atoms with Crippen LogP contribution in [-0.4, -0.2) is 18.6 Å². The Hall–Kier alpha value is -1.65. The Balaban J connectivity index is 2.09. The van der Waals surface area contributed by atoms with Crippen LogP contribution in [0, 0.1) is 5.92 Å². The molecule has 0 saturated heterocycles. The van der Waals surface area contributed by atoms with Gasteiger partial charge in [0.05, 0.1) is 6.04 Å². The summed E-state index contributed by atoms with van der Waals surface area (Å²) >= 11 is 1.64. The molecule has 0 spiro atoms. The van der Waals surface area contributed by atoms with Crippen molar-refractivity contribution in [3.05, 3.63) is 58.3 Å². The SMILES string of the molecule is CC(C)COC(C)C(=O)NC(c1ccccc1)c1cccs1. The Morgan fingerprint density at radius 1 is 1.14 bits per heavy atom. The molecule has 0 bridgehead atoms. The number of carbonyl (C=O) groups excluding carboxylic acids is 1. The highest BCUT2D eigenvalue weighted by atomic mass is 32.1. The molecular weight excluding hydrogens is 294 g/mol. The van der Waals surface area contributed by atoms with Gasteiger partial charge in [-0.15, -0.1) is 11.3 Å². The maximum absolute atomic E-state index is 12.4. The van der Waals surface area contributed by atoms with Gasteiger partial charge < -0.3 is 10.1 Å². The lowest BCUT2D eigenvalue weighted by atomic mass is 10.1. The maximum Gasteiger partial charge on any atom is 0.249 e. The Morgan fingerprint density at radius 3 is 2.45 bits per heavy atom. The van der Waals surface area contributed by atoms with E-state index in [1.165, 1.54) is 0 Å². The predicted octanol–water partition coefficient (Wildman–Crippen LogP) is 4.01. The first-order chi connectivity index (χ1) is 10.6. The van der Waals surface area contributed by atoms with Crippen molar-refractivity contribution in [1.82, 2.24) is 5.32 Å². The second kappa shape index (κ2) is 8.11. The minimum absolute atomic E-state index is 0.0806. The first-order valence-electron chi connectivity index (χ1n) is 7.58. The Bertz CT molecular complexity index is 566. The molecule has 1 aromatic heterocycles. The van der Waals surface area contributed by atoms with E-state index >= 15 is 0 Å². The predicted molar refractivity (Wildman–Crippen MR) is 91.0 cm³/mol. The zero-order chi connectivity index (χ0) is 15.9. The standard InChI is InChI=1S/C18H23NO2S/c1-13(2)12-21-14(3)18(20)19-17(16-10-7-11-22-16)15-8-5-4-6-9-15/h4-11,13-14,17H,12H2,1-3H3,(H,19,20). The number of amides is 1. The molecule has 1 heterocycles. The molecule has 3 nitrogen and oxygen atoms in total. The highest BCUT2D eigenvalue weighted by Crippen LogP contribution is 2.26. The highest BCUT2D eigenvalue weighted by Gasteiger charge is 2.21. The monoisotopic (exact) mass is 317 g/mol. The minimum Gasteiger partial charge on any atom is -0.368 e. The van der Waals surface area contributed by atoms with Crippen LogP contribution in [0.4, 0.5) is 0 Å². The molecule has 4 heteroatoms. The van der Waals surface area contributed by atoms with E-state index in [-0.39, 0.29) is 11.9 Å². The van der Waals surface area contributed by atoms with Gasteiger partial charge in [-0.3, -0.25) is 4.79 Å². The highest BCUT2D eigenvalue weighted by molar-refractivity contribution is 7.10. The maximum atomic E-state index is 12.4. The quantitative estimate of drug-likeness (QED) is 0.838. The lowest BCUT2D eigenvalue weighted by molar-refractivity contribution is -0.132. The van der Waals surface area contributed by atoms with Gasteiger partial charge >= 0.3 is 0 Å². The summed E-state index contributed by atoms with van der Waals surface area (Å²) in [6, 6.07) is 13.9. The fourth-order valence-corrected chi connectivity index (χ4v) is 2.89. The second-order valence-electron chi connectivity index (χ2n) is 5.74. The summed E-state index contributed by atoms with van der Waals surface area (Å²) in [4.78, 5) is 13.5. The molecule has 1 aromatic carbocycles. The van der Waals surface area contributed by atoms with E-state index in [2.05, 4.69) is 19.2 Å².